The van der Waals surface area contributed by atoms with Crippen LogP contribution in [0.2, 0.25) is 0 Å². The highest BCUT2D eigenvalue weighted by molar-refractivity contribution is 7.92. The maximum absolute atomic E-state index is 12.5. The Balaban J connectivity index is 2.11. The molecule has 0 unspecified atom stereocenters. The van der Waals surface area contributed by atoms with Gasteiger partial charge in [0.25, 0.3) is 10.0 Å². The van der Waals surface area contributed by atoms with Crippen LogP contribution in [0.4, 0.5) is 5.69 Å². The second kappa shape index (κ2) is 9.71. The third kappa shape index (κ3) is 5.56. The van der Waals surface area contributed by atoms with Crippen LogP contribution in [0.1, 0.15) is 37.3 Å². The molecule has 1 N–H and O–H groups in total. The third-order valence-corrected chi connectivity index (χ3v) is 6.18. The highest BCUT2D eigenvalue weighted by Gasteiger charge is 2.22. The first-order chi connectivity index (χ1) is 13.3. The summed E-state index contributed by atoms with van der Waals surface area (Å²) in [6.07, 6.45) is 0.675. The molecule has 0 heterocycles. The van der Waals surface area contributed by atoms with E-state index < -0.39 is 10.0 Å². The lowest BCUT2D eigenvalue weighted by Gasteiger charge is -2.22. The third-order valence-electron chi connectivity index (χ3n) is 4.79. The zero-order valence-corrected chi connectivity index (χ0v) is 17.5. The Morgan fingerprint density at radius 3 is 2.14 bits per heavy atom. The summed E-state index contributed by atoms with van der Waals surface area (Å²) in [5.74, 6) is -0.395. The highest BCUT2D eigenvalue weighted by Crippen LogP contribution is 2.26. The van der Waals surface area contributed by atoms with Gasteiger partial charge in [-0.25, -0.2) is 8.42 Å². The Morgan fingerprint density at radius 1 is 1.04 bits per heavy atom. The molecule has 0 saturated heterocycles. The smallest absolute Gasteiger partial charge is 0.308 e. The number of methoxy groups -OCH3 is 2. The van der Waals surface area contributed by atoms with E-state index in [0.717, 1.165) is 17.5 Å². The molecule has 7 heteroatoms. The van der Waals surface area contributed by atoms with Crippen LogP contribution in [0.25, 0.3) is 0 Å². The molecule has 2 rings (SSSR count). The van der Waals surface area contributed by atoms with Gasteiger partial charge in [0.05, 0.1) is 24.5 Å². The number of benzene rings is 2. The number of rotatable bonds is 9. The molecule has 2 aromatic carbocycles. The van der Waals surface area contributed by atoms with Crippen LogP contribution in [-0.4, -0.2) is 34.7 Å². The molecule has 0 bridgehead atoms. The van der Waals surface area contributed by atoms with Crippen molar-refractivity contribution in [1.29, 1.82) is 0 Å². The van der Waals surface area contributed by atoms with Gasteiger partial charge in [-0.1, -0.05) is 38.1 Å². The van der Waals surface area contributed by atoms with E-state index in [4.69, 9.17) is 9.47 Å². The summed E-state index contributed by atoms with van der Waals surface area (Å²) in [7, 11) is -0.752. The van der Waals surface area contributed by atoms with Crippen LogP contribution in [0.5, 0.6) is 0 Å². The summed E-state index contributed by atoms with van der Waals surface area (Å²) in [5, 5.41) is 0. The first kappa shape index (κ1) is 21.9. The van der Waals surface area contributed by atoms with Crippen molar-refractivity contribution in [1.82, 2.24) is 0 Å². The summed E-state index contributed by atoms with van der Waals surface area (Å²) < 4.78 is 37.8. The van der Waals surface area contributed by atoms with Crippen LogP contribution in [0, 0.1) is 0 Å². The lowest BCUT2D eigenvalue weighted by atomic mass is 9.93. The Kier molecular flexibility index (Phi) is 7.60. The minimum atomic E-state index is -3.65. The number of ether oxygens (including phenoxy) is 2. The van der Waals surface area contributed by atoms with Crippen molar-refractivity contribution in [2.24, 2.45) is 0 Å². The summed E-state index contributed by atoms with van der Waals surface area (Å²) in [4.78, 5) is 11.7. The molecule has 0 aromatic heterocycles. The molecule has 0 aliphatic heterocycles. The molecule has 0 spiro atoms. The first-order valence-corrected chi connectivity index (χ1v) is 10.6. The molecule has 0 radical (unpaired) electrons. The van der Waals surface area contributed by atoms with E-state index in [9.17, 15) is 13.2 Å². The van der Waals surface area contributed by atoms with Crippen LogP contribution in [0.15, 0.2) is 53.4 Å². The Morgan fingerprint density at radius 2 is 1.64 bits per heavy atom. The van der Waals surface area contributed by atoms with Crippen molar-refractivity contribution < 1.29 is 22.7 Å². The van der Waals surface area contributed by atoms with Crippen LogP contribution < -0.4 is 4.72 Å². The number of aryl methyl sites for hydroxylation is 1. The second-order valence-corrected chi connectivity index (χ2v) is 8.25. The average molecular weight is 406 g/mol. The van der Waals surface area contributed by atoms with Gasteiger partial charge in [0.1, 0.15) is 0 Å². The summed E-state index contributed by atoms with van der Waals surface area (Å²) in [6, 6.07) is 13.9. The van der Waals surface area contributed by atoms with Gasteiger partial charge in [-0.3, -0.25) is 9.52 Å². The van der Waals surface area contributed by atoms with E-state index in [2.05, 4.69) is 4.72 Å². The van der Waals surface area contributed by atoms with Gasteiger partial charge in [-0.05, 0) is 41.8 Å². The minimum Gasteiger partial charge on any atom is -0.469 e. The van der Waals surface area contributed by atoms with E-state index in [1.54, 1.807) is 31.4 Å². The van der Waals surface area contributed by atoms with E-state index in [1.165, 1.54) is 7.11 Å². The number of hydrogen-bond acceptors (Lipinski definition) is 5. The van der Waals surface area contributed by atoms with E-state index in [1.807, 2.05) is 38.1 Å². The number of anilines is 1. The summed E-state index contributed by atoms with van der Waals surface area (Å²) in [6.45, 7) is 3.97. The van der Waals surface area contributed by atoms with Gasteiger partial charge in [-0.15, -0.1) is 0 Å². The number of hydrogen-bond donors (Lipinski definition) is 1. The maximum Gasteiger partial charge on any atom is 0.308 e. The molecular weight excluding hydrogens is 378 g/mol. The molecule has 152 valence electrons. The fourth-order valence-electron chi connectivity index (χ4n) is 2.90. The van der Waals surface area contributed by atoms with Crippen LogP contribution in [0.3, 0.4) is 0 Å². The van der Waals surface area contributed by atoms with E-state index >= 15 is 0 Å². The standard InChI is InChI=1S/C21H27NO5S/c1-5-16-6-12-19(13-7-16)28(24,25)22-18-10-8-17(9-11-18)15(2)20(26-3)14-21(23)27-4/h6-13,15,20,22H,5,14H2,1-4H3/t15-,20-/m1/s1. The SMILES string of the molecule is CCc1ccc(S(=O)(=O)Nc2ccc([C@@H](C)[C@@H](CC(=O)OC)OC)cc2)cc1. The average Bonchev–Trinajstić information content (AvgIpc) is 2.71. The largest absolute Gasteiger partial charge is 0.469 e. The summed E-state index contributed by atoms with van der Waals surface area (Å²) in [5.41, 5.74) is 2.49. The fraction of sp³-hybridized carbons (Fsp3) is 0.381. The molecular formula is C21H27NO5S. The quantitative estimate of drug-likeness (QED) is 0.643. The highest BCUT2D eigenvalue weighted by atomic mass is 32.2. The topological polar surface area (TPSA) is 81.7 Å². The maximum atomic E-state index is 12.5. The fourth-order valence-corrected chi connectivity index (χ4v) is 3.96. The Bertz CT molecular complexity index is 876. The number of sulfonamides is 1. The molecule has 0 aliphatic rings. The van der Waals surface area contributed by atoms with Gasteiger partial charge in [0, 0.05) is 18.7 Å². The molecule has 2 aromatic rings. The van der Waals surface area contributed by atoms with Gasteiger partial charge in [-0.2, -0.15) is 0 Å². The van der Waals surface area contributed by atoms with Crippen molar-refractivity contribution in [2.75, 3.05) is 18.9 Å². The Labute approximate surface area is 166 Å². The second-order valence-electron chi connectivity index (χ2n) is 6.57. The molecule has 6 nitrogen and oxygen atoms in total. The van der Waals surface area contributed by atoms with Crippen LogP contribution in [-0.2, 0) is 30.7 Å². The van der Waals surface area contributed by atoms with Gasteiger partial charge >= 0.3 is 5.97 Å². The van der Waals surface area contributed by atoms with E-state index in [0.29, 0.717) is 5.69 Å². The van der Waals surface area contributed by atoms with Gasteiger partial charge in [0.2, 0.25) is 0 Å². The van der Waals surface area contributed by atoms with Crippen molar-refractivity contribution in [3.8, 4) is 0 Å². The zero-order valence-electron chi connectivity index (χ0n) is 16.6. The predicted molar refractivity (Wildman–Crippen MR) is 109 cm³/mol. The van der Waals surface area contributed by atoms with Crippen molar-refractivity contribution >= 4 is 21.7 Å². The monoisotopic (exact) mass is 405 g/mol. The lowest BCUT2D eigenvalue weighted by Crippen LogP contribution is -2.23. The van der Waals surface area contributed by atoms with Crippen molar-refractivity contribution in [3.05, 3.63) is 59.7 Å². The molecule has 0 fully saturated rings. The number of nitrogens with one attached hydrogen (secondary N) is 1. The molecule has 2 atom stereocenters. The molecule has 28 heavy (non-hydrogen) atoms. The molecule has 0 aliphatic carbocycles. The molecule has 0 amide bonds. The minimum absolute atomic E-state index is 0.0589. The summed E-state index contributed by atoms with van der Waals surface area (Å²) >= 11 is 0. The zero-order chi connectivity index (χ0) is 20.7. The molecule has 0 saturated carbocycles. The number of esters is 1. The normalized spacial score (nSPS) is 13.6. The van der Waals surface area contributed by atoms with Gasteiger partial charge < -0.3 is 9.47 Å². The number of carbonyl (C=O) groups is 1. The lowest BCUT2D eigenvalue weighted by molar-refractivity contribution is -0.143. The van der Waals surface area contributed by atoms with Crippen molar-refractivity contribution in [2.45, 2.75) is 43.6 Å². The van der Waals surface area contributed by atoms with Gasteiger partial charge in [0.15, 0.2) is 0 Å². The Hall–Kier alpha value is -2.38. The number of carbonyl (C=O) groups excluding carboxylic acids is 1. The van der Waals surface area contributed by atoms with E-state index in [-0.39, 0.29) is 29.3 Å². The van der Waals surface area contributed by atoms with Crippen LogP contribution >= 0.6 is 0 Å². The first-order valence-electron chi connectivity index (χ1n) is 9.12. The van der Waals surface area contributed by atoms with Crippen molar-refractivity contribution in [3.63, 3.8) is 0 Å². The predicted octanol–water partition coefficient (Wildman–Crippen LogP) is 3.73.